The molecule has 3 nitrogen and oxygen atoms in total. The third kappa shape index (κ3) is 2.25. The number of para-hydroxylation sites is 1. The average molecular weight is 202 g/mol. The summed E-state index contributed by atoms with van der Waals surface area (Å²) in [7, 11) is 0. The highest BCUT2D eigenvalue weighted by molar-refractivity contribution is 5.32. The van der Waals surface area contributed by atoms with E-state index in [4.69, 9.17) is 5.11 Å². The Morgan fingerprint density at radius 1 is 1.20 bits per heavy atom. The molecule has 1 aromatic carbocycles. The summed E-state index contributed by atoms with van der Waals surface area (Å²) in [6, 6.07) is 10.1. The van der Waals surface area contributed by atoms with Gasteiger partial charge in [-0.15, -0.1) is 0 Å². The van der Waals surface area contributed by atoms with Crippen molar-refractivity contribution in [3.8, 4) is 5.69 Å². The molecule has 0 atom stereocenters. The van der Waals surface area contributed by atoms with Crippen LogP contribution in [0.5, 0.6) is 0 Å². The number of hydrogen-bond donors (Lipinski definition) is 1. The Balaban J connectivity index is 2.25. The van der Waals surface area contributed by atoms with Crippen molar-refractivity contribution in [2.45, 2.75) is 12.8 Å². The predicted octanol–water partition coefficient (Wildman–Crippen LogP) is 1.80. The van der Waals surface area contributed by atoms with Crippen molar-refractivity contribution in [2.24, 2.45) is 0 Å². The van der Waals surface area contributed by atoms with Gasteiger partial charge in [-0.2, -0.15) is 0 Å². The van der Waals surface area contributed by atoms with Gasteiger partial charge in [-0.05, 0) is 18.6 Å². The van der Waals surface area contributed by atoms with Gasteiger partial charge < -0.3 is 9.67 Å². The molecule has 1 N–H and O–H groups in total. The fourth-order valence-electron chi connectivity index (χ4n) is 1.58. The maximum Gasteiger partial charge on any atom is 0.113 e. The van der Waals surface area contributed by atoms with E-state index in [9.17, 15) is 0 Å². The van der Waals surface area contributed by atoms with Crippen molar-refractivity contribution in [3.63, 3.8) is 0 Å². The van der Waals surface area contributed by atoms with Crippen LogP contribution in [0.2, 0.25) is 0 Å². The molecule has 0 aliphatic rings. The van der Waals surface area contributed by atoms with E-state index in [2.05, 4.69) is 9.55 Å². The molecule has 1 heterocycles. The molecule has 0 amide bonds. The smallest absolute Gasteiger partial charge is 0.113 e. The fourth-order valence-corrected chi connectivity index (χ4v) is 1.58. The first kappa shape index (κ1) is 9.93. The molecule has 1 aromatic heterocycles. The monoisotopic (exact) mass is 202 g/mol. The quantitative estimate of drug-likeness (QED) is 0.821. The van der Waals surface area contributed by atoms with Gasteiger partial charge in [0.1, 0.15) is 5.82 Å². The van der Waals surface area contributed by atoms with Crippen LogP contribution in [0, 0.1) is 0 Å². The van der Waals surface area contributed by atoms with E-state index in [1.165, 1.54) is 0 Å². The van der Waals surface area contributed by atoms with E-state index in [1.807, 2.05) is 36.5 Å². The first-order valence-corrected chi connectivity index (χ1v) is 5.10. The number of hydrogen-bond acceptors (Lipinski definition) is 2. The zero-order valence-corrected chi connectivity index (χ0v) is 8.50. The van der Waals surface area contributed by atoms with Crippen LogP contribution in [0.4, 0.5) is 0 Å². The van der Waals surface area contributed by atoms with E-state index >= 15 is 0 Å². The Morgan fingerprint density at radius 2 is 2.00 bits per heavy atom. The van der Waals surface area contributed by atoms with Gasteiger partial charge in [-0.25, -0.2) is 4.98 Å². The number of imidazole rings is 1. The van der Waals surface area contributed by atoms with E-state index in [0.29, 0.717) is 0 Å². The molecule has 15 heavy (non-hydrogen) atoms. The van der Waals surface area contributed by atoms with E-state index < -0.39 is 0 Å². The summed E-state index contributed by atoms with van der Waals surface area (Å²) in [5.41, 5.74) is 1.11. The molecule has 0 saturated heterocycles. The Bertz CT molecular complexity index is 409. The summed E-state index contributed by atoms with van der Waals surface area (Å²) >= 11 is 0. The van der Waals surface area contributed by atoms with Gasteiger partial charge in [0.15, 0.2) is 0 Å². The second kappa shape index (κ2) is 4.75. The number of benzene rings is 1. The lowest BCUT2D eigenvalue weighted by atomic mass is 10.3. The summed E-state index contributed by atoms with van der Waals surface area (Å²) in [4.78, 5) is 4.28. The molecule has 78 valence electrons. The molecule has 0 aliphatic carbocycles. The highest BCUT2D eigenvalue weighted by Gasteiger charge is 2.03. The molecule has 0 aliphatic heterocycles. The molecule has 0 spiro atoms. The maximum atomic E-state index is 8.79. The largest absolute Gasteiger partial charge is 0.396 e. The van der Waals surface area contributed by atoms with Crippen LogP contribution in [0.1, 0.15) is 12.2 Å². The third-order valence-corrected chi connectivity index (χ3v) is 2.31. The van der Waals surface area contributed by atoms with E-state index in [1.54, 1.807) is 6.20 Å². The number of aryl methyl sites for hydroxylation is 1. The van der Waals surface area contributed by atoms with Crippen LogP contribution in [0.3, 0.4) is 0 Å². The highest BCUT2D eigenvalue weighted by atomic mass is 16.2. The number of aliphatic hydroxyl groups is 1. The van der Waals surface area contributed by atoms with E-state index in [0.717, 1.165) is 24.4 Å². The van der Waals surface area contributed by atoms with Crippen molar-refractivity contribution in [3.05, 3.63) is 48.5 Å². The van der Waals surface area contributed by atoms with Crippen molar-refractivity contribution < 1.29 is 5.11 Å². The van der Waals surface area contributed by atoms with E-state index in [-0.39, 0.29) is 6.61 Å². The number of nitrogens with zero attached hydrogens (tertiary/aromatic N) is 2. The topological polar surface area (TPSA) is 38.1 Å². The molecular weight excluding hydrogens is 188 g/mol. The van der Waals surface area contributed by atoms with Gasteiger partial charge in [0, 0.05) is 31.1 Å². The second-order valence-corrected chi connectivity index (χ2v) is 3.38. The van der Waals surface area contributed by atoms with Gasteiger partial charge in [0.2, 0.25) is 0 Å². The molecule has 0 fully saturated rings. The number of aliphatic hydroxyl groups excluding tert-OH is 1. The second-order valence-electron chi connectivity index (χ2n) is 3.38. The van der Waals surface area contributed by atoms with Gasteiger partial charge in [0.05, 0.1) is 0 Å². The molecule has 0 saturated carbocycles. The summed E-state index contributed by atoms with van der Waals surface area (Å²) in [5, 5.41) is 8.79. The lowest BCUT2D eigenvalue weighted by Gasteiger charge is -2.06. The lowest BCUT2D eigenvalue weighted by molar-refractivity contribution is 0.287. The highest BCUT2D eigenvalue weighted by Crippen LogP contribution is 2.11. The van der Waals surface area contributed by atoms with Crippen LogP contribution in [0.15, 0.2) is 42.7 Å². The molecule has 2 rings (SSSR count). The average Bonchev–Trinajstić information content (AvgIpc) is 2.75. The first-order chi connectivity index (χ1) is 7.42. The van der Waals surface area contributed by atoms with Gasteiger partial charge in [-0.3, -0.25) is 0 Å². The van der Waals surface area contributed by atoms with Crippen LogP contribution in [0.25, 0.3) is 5.69 Å². The fraction of sp³-hybridized carbons (Fsp3) is 0.250. The number of rotatable bonds is 4. The van der Waals surface area contributed by atoms with Crippen molar-refractivity contribution in [1.29, 1.82) is 0 Å². The maximum absolute atomic E-state index is 8.79. The lowest BCUT2D eigenvalue weighted by Crippen LogP contribution is -2.01. The SMILES string of the molecule is OCCCc1nccn1-c1ccccc1. The molecule has 0 bridgehead atoms. The summed E-state index contributed by atoms with van der Waals surface area (Å²) in [6.45, 7) is 0.210. The van der Waals surface area contributed by atoms with Gasteiger partial charge >= 0.3 is 0 Å². The summed E-state index contributed by atoms with van der Waals surface area (Å²) < 4.78 is 2.05. The summed E-state index contributed by atoms with van der Waals surface area (Å²) in [5.74, 6) is 0.996. The Kier molecular flexibility index (Phi) is 3.15. The van der Waals surface area contributed by atoms with Crippen molar-refractivity contribution in [2.75, 3.05) is 6.61 Å². The summed E-state index contributed by atoms with van der Waals surface area (Å²) in [6.07, 6.45) is 5.30. The normalized spacial score (nSPS) is 10.5. The molecule has 3 heteroatoms. The van der Waals surface area contributed by atoms with Crippen molar-refractivity contribution >= 4 is 0 Å². The first-order valence-electron chi connectivity index (χ1n) is 5.10. The van der Waals surface area contributed by atoms with Crippen LogP contribution < -0.4 is 0 Å². The Hall–Kier alpha value is -1.61. The minimum absolute atomic E-state index is 0.210. The molecule has 0 unspecified atom stereocenters. The minimum atomic E-state index is 0.210. The van der Waals surface area contributed by atoms with Crippen LogP contribution in [-0.2, 0) is 6.42 Å². The minimum Gasteiger partial charge on any atom is -0.396 e. The van der Waals surface area contributed by atoms with Crippen molar-refractivity contribution in [1.82, 2.24) is 9.55 Å². The number of aromatic nitrogens is 2. The molecule has 2 aromatic rings. The Labute approximate surface area is 89.0 Å². The Morgan fingerprint density at radius 3 is 2.73 bits per heavy atom. The predicted molar refractivity (Wildman–Crippen MR) is 59.0 cm³/mol. The molecular formula is C12H14N2O. The zero-order valence-electron chi connectivity index (χ0n) is 8.50. The van der Waals surface area contributed by atoms with Crippen LogP contribution in [-0.4, -0.2) is 21.3 Å². The third-order valence-electron chi connectivity index (χ3n) is 2.31. The van der Waals surface area contributed by atoms with Gasteiger partial charge in [-0.1, -0.05) is 18.2 Å². The standard InChI is InChI=1S/C12H14N2O/c15-10-4-7-12-13-8-9-14(12)11-5-2-1-3-6-11/h1-3,5-6,8-9,15H,4,7,10H2. The zero-order chi connectivity index (χ0) is 10.5. The van der Waals surface area contributed by atoms with Gasteiger partial charge in [0.25, 0.3) is 0 Å². The van der Waals surface area contributed by atoms with Crippen LogP contribution >= 0.6 is 0 Å². The molecule has 0 radical (unpaired) electrons.